The third-order valence-corrected chi connectivity index (χ3v) is 6.51. The van der Waals surface area contributed by atoms with E-state index >= 15 is 0 Å². The fraction of sp³-hybridized carbons (Fsp3) is 0.950. The molecule has 2 saturated carbocycles. The average Bonchev–Trinajstić information content (AvgIpc) is 2.69. The monoisotopic (exact) mass is 445 g/mol. The molecular weight excluding hydrogens is 406 g/mol. The van der Waals surface area contributed by atoms with Crippen molar-refractivity contribution < 1.29 is 29.6 Å². The summed E-state index contributed by atoms with van der Waals surface area (Å²) in [5.74, 6) is -0.466. The lowest BCUT2D eigenvalue weighted by molar-refractivity contribution is -0.243. The van der Waals surface area contributed by atoms with Crippen molar-refractivity contribution in [3.05, 3.63) is 0 Å². The van der Waals surface area contributed by atoms with Gasteiger partial charge in [0.15, 0.2) is 6.29 Å². The predicted molar refractivity (Wildman–Crippen MR) is 113 cm³/mol. The Bertz CT molecular complexity index is 580. The second-order valence-electron chi connectivity index (χ2n) is 9.32. The van der Waals surface area contributed by atoms with E-state index in [0.29, 0.717) is 25.9 Å². The number of nitrogens with two attached hydrogens (primary N) is 3. The van der Waals surface area contributed by atoms with Gasteiger partial charge < -0.3 is 52.6 Å². The number of carbonyl (C=O) groups is 1. The molecule has 0 bridgehead atoms. The first kappa shape index (κ1) is 24.7. The highest BCUT2D eigenvalue weighted by molar-refractivity contribution is 5.86. The quantitative estimate of drug-likeness (QED) is 0.169. The number of amides is 1. The van der Waals surface area contributed by atoms with Gasteiger partial charge in [0, 0.05) is 44.1 Å². The van der Waals surface area contributed by atoms with Gasteiger partial charge in [-0.25, -0.2) is 0 Å². The average molecular weight is 446 g/mol. The Morgan fingerprint density at radius 2 is 1.90 bits per heavy atom. The molecule has 31 heavy (non-hydrogen) atoms. The molecule has 0 spiro atoms. The van der Waals surface area contributed by atoms with Crippen LogP contribution in [0.3, 0.4) is 0 Å². The second kappa shape index (κ2) is 10.8. The van der Waals surface area contributed by atoms with Crippen LogP contribution in [0, 0.1) is 0 Å². The molecule has 0 aromatic rings. The highest BCUT2D eigenvalue weighted by Gasteiger charge is 2.48. The van der Waals surface area contributed by atoms with E-state index < -0.39 is 36.0 Å². The zero-order chi connectivity index (χ0) is 22.6. The second-order valence-corrected chi connectivity index (χ2v) is 9.32. The van der Waals surface area contributed by atoms with Crippen LogP contribution < -0.4 is 27.8 Å². The Balaban J connectivity index is 1.47. The molecule has 3 fully saturated rings. The lowest BCUT2D eigenvalue weighted by Gasteiger charge is -2.44. The summed E-state index contributed by atoms with van der Waals surface area (Å²) in [4.78, 5) is 12.4. The molecule has 1 heterocycles. The fourth-order valence-electron chi connectivity index (χ4n) is 4.67. The third-order valence-electron chi connectivity index (χ3n) is 6.51. The van der Waals surface area contributed by atoms with Gasteiger partial charge in [-0.2, -0.15) is 0 Å². The van der Waals surface area contributed by atoms with E-state index in [9.17, 15) is 15.0 Å². The molecule has 3 rings (SSSR count). The number of aliphatic hydroxyl groups is 3. The summed E-state index contributed by atoms with van der Waals surface area (Å²) in [5, 5.41) is 35.8. The molecule has 11 heteroatoms. The minimum absolute atomic E-state index is 0.0675. The fourth-order valence-corrected chi connectivity index (χ4v) is 4.67. The summed E-state index contributed by atoms with van der Waals surface area (Å²) < 4.78 is 12.0. The van der Waals surface area contributed by atoms with Crippen LogP contribution in [0.25, 0.3) is 0 Å². The van der Waals surface area contributed by atoms with Crippen LogP contribution in [0.1, 0.15) is 44.9 Å². The summed E-state index contributed by atoms with van der Waals surface area (Å²) in [6, 6.07) is -1.36. The number of carbonyl (C=O) groups excluding carboxylic acids is 1. The number of ether oxygens (including phenoxy) is 2. The number of nitrogens with one attached hydrogen (secondary N) is 2. The van der Waals surface area contributed by atoms with E-state index in [1.807, 2.05) is 0 Å². The maximum Gasteiger partial charge on any atom is 0.252 e. The minimum Gasteiger partial charge on any atom is -0.396 e. The predicted octanol–water partition coefficient (Wildman–Crippen LogP) is -3.00. The maximum absolute atomic E-state index is 12.4. The number of hydrogen-bond acceptors (Lipinski definition) is 10. The first-order chi connectivity index (χ1) is 14.7. The van der Waals surface area contributed by atoms with Gasteiger partial charge in [-0.15, -0.1) is 0 Å². The molecule has 7 atom stereocenters. The molecule has 0 aromatic heterocycles. The molecule has 3 aliphatic rings. The molecular formula is C20H39N5O6. The summed E-state index contributed by atoms with van der Waals surface area (Å²) in [6.45, 7) is 1.47. The molecule has 0 aromatic carbocycles. The van der Waals surface area contributed by atoms with Crippen molar-refractivity contribution in [1.29, 1.82) is 0 Å². The van der Waals surface area contributed by atoms with Crippen LogP contribution in [-0.4, -0.2) is 95.3 Å². The van der Waals surface area contributed by atoms with E-state index in [0.717, 1.165) is 12.8 Å². The first-order valence-electron chi connectivity index (χ1n) is 11.3. The Hall–Kier alpha value is -0.890. The molecule has 1 unspecified atom stereocenters. The summed E-state index contributed by atoms with van der Waals surface area (Å²) in [6.07, 6.45) is 1.05. The molecule has 11 N–H and O–H groups in total. The SMILES string of the molecule is NC1CC(O)(C(=O)N[C@H]2C[C@@H](O)C(O[C@H]3O[C@H](CNCCCO)CC[C@H]3N)[C@@H](N)C2)C1. The summed E-state index contributed by atoms with van der Waals surface area (Å²) in [7, 11) is 0. The maximum atomic E-state index is 12.4. The normalized spacial score (nSPS) is 43.3. The van der Waals surface area contributed by atoms with Crippen molar-refractivity contribution >= 4 is 5.91 Å². The zero-order valence-corrected chi connectivity index (χ0v) is 18.0. The van der Waals surface area contributed by atoms with Gasteiger partial charge in [-0.1, -0.05) is 0 Å². The zero-order valence-electron chi connectivity index (χ0n) is 18.0. The van der Waals surface area contributed by atoms with E-state index in [2.05, 4.69) is 10.6 Å². The molecule has 11 nitrogen and oxygen atoms in total. The van der Waals surface area contributed by atoms with Gasteiger partial charge in [0.1, 0.15) is 11.7 Å². The highest BCUT2D eigenvalue weighted by Crippen LogP contribution is 2.32. The number of aliphatic hydroxyl groups excluding tert-OH is 2. The molecule has 0 radical (unpaired) electrons. The van der Waals surface area contributed by atoms with Crippen LogP contribution in [0.15, 0.2) is 0 Å². The molecule has 1 amide bonds. The van der Waals surface area contributed by atoms with Crippen molar-refractivity contribution in [3.63, 3.8) is 0 Å². The van der Waals surface area contributed by atoms with Crippen LogP contribution in [0.5, 0.6) is 0 Å². The summed E-state index contributed by atoms with van der Waals surface area (Å²) >= 11 is 0. The van der Waals surface area contributed by atoms with Crippen molar-refractivity contribution in [1.82, 2.24) is 10.6 Å². The number of hydrogen-bond donors (Lipinski definition) is 8. The Labute approximate surface area is 183 Å². The van der Waals surface area contributed by atoms with Crippen LogP contribution >= 0.6 is 0 Å². The van der Waals surface area contributed by atoms with E-state index in [1.165, 1.54) is 0 Å². The molecule has 2 aliphatic carbocycles. The van der Waals surface area contributed by atoms with Crippen molar-refractivity contribution in [3.8, 4) is 0 Å². The van der Waals surface area contributed by atoms with E-state index in [1.54, 1.807) is 0 Å². The van der Waals surface area contributed by atoms with Gasteiger partial charge >= 0.3 is 0 Å². The molecule has 1 saturated heterocycles. The van der Waals surface area contributed by atoms with Crippen molar-refractivity contribution in [2.45, 2.75) is 99.3 Å². The van der Waals surface area contributed by atoms with Gasteiger partial charge in [0.05, 0.1) is 18.2 Å². The topological polar surface area (TPSA) is 198 Å². The Kier molecular flexibility index (Phi) is 8.64. The number of rotatable bonds is 9. The first-order valence-corrected chi connectivity index (χ1v) is 11.3. The Morgan fingerprint density at radius 3 is 2.55 bits per heavy atom. The van der Waals surface area contributed by atoms with Gasteiger partial charge in [0.2, 0.25) is 0 Å². The largest absolute Gasteiger partial charge is 0.396 e. The smallest absolute Gasteiger partial charge is 0.252 e. The lowest BCUT2D eigenvalue weighted by atomic mass is 9.75. The van der Waals surface area contributed by atoms with E-state index in [-0.39, 0.29) is 50.1 Å². The summed E-state index contributed by atoms with van der Waals surface area (Å²) in [5.41, 5.74) is 16.7. The standard InChI is InChI=1S/C20H39N5O6/c21-11-8-20(29,9-11)19(28)25-12-6-15(23)17(16(27)7-12)31-18-14(22)3-2-13(30-18)10-24-4-1-5-26/h11-18,24,26-27,29H,1-10,21-23H2,(H,25,28)/t11?,12-,13+,14-,15+,16-,17?,18-,20?/m1/s1. The van der Waals surface area contributed by atoms with Crippen molar-refractivity contribution in [2.24, 2.45) is 17.2 Å². The van der Waals surface area contributed by atoms with Gasteiger partial charge in [-0.3, -0.25) is 4.79 Å². The molecule has 180 valence electrons. The van der Waals surface area contributed by atoms with Crippen LogP contribution in [0.2, 0.25) is 0 Å². The Morgan fingerprint density at radius 1 is 1.16 bits per heavy atom. The van der Waals surface area contributed by atoms with Gasteiger partial charge in [-0.05, 0) is 38.6 Å². The lowest BCUT2D eigenvalue weighted by Crippen LogP contribution is -2.64. The van der Waals surface area contributed by atoms with Crippen LogP contribution in [-0.2, 0) is 14.3 Å². The van der Waals surface area contributed by atoms with Gasteiger partial charge in [0.25, 0.3) is 5.91 Å². The van der Waals surface area contributed by atoms with Crippen LogP contribution in [0.4, 0.5) is 0 Å². The van der Waals surface area contributed by atoms with E-state index in [4.69, 9.17) is 31.8 Å². The van der Waals surface area contributed by atoms with Crippen molar-refractivity contribution in [2.75, 3.05) is 19.7 Å². The highest BCUT2D eigenvalue weighted by atomic mass is 16.7. The minimum atomic E-state index is -1.43. The third kappa shape index (κ3) is 6.34. The molecule has 1 aliphatic heterocycles.